The van der Waals surface area contributed by atoms with Crippen molar-refractivity contribution in [2.75, 3.05) is 5.01 Å². The third kappa shape index (κ3) is 10.6. The van der Waals surface area contributed by atoms with Crippen LogP contribution in [0.2, 0.25) is 0 Å². The summed E-state index contributed by atoms with van der Waals surface area (Å²) in [6, 6.07) is 33.5. The molecular formula is C54H71N3O. The summed E-state index contributed by atoms with van der Waals surface area (Å²) in [6.07, 6.45) is 8.56. The minimum atomic E-state index is 0.0325. The van der Waals surface area contributed by atoms with E-state index in [2.05, 4.69) is 212 Å². The maximum atomic E-state index is 6.32. The zero-order chi connectivity index (χ0) is 42.5. The third-order valence-electron chi connectivity index (χ3n) is 11.6. The number of fused-ring (bicyclic) bond motifs is 1. The number of aromatic nitrogens is 1. The second-order valence-corrected chi connectivity index (χ2v) is 22.8. The molecule has 0 amide bonds. The lowest BCUT2D eigenvalue weighted by molar-refractivity contribution is 0.283. The highest BCUT2D eigenvalue weighted by Crippen LogP contribution is 2.42. The minimum absolute atomic E-state index is 0.0325. The summed E-state index contributed by atoms with van der Waals surface area (Å²) in [5.41, 5.74) is 12.2. The van der Waals surface area contributed by atoms with Gasteiger partial charge in [0.05, 0.1) is 17.4 Å². The number of allylic oxidation sites excluding steroid dienone is 1. The van der Waals surface area contributed by atoms with Crippen LogP contribution in [-0.4, -0.2) is 10.7 Å². The van der Waals surface area contributed by atoms with E-state index in [1.165, 1.54) is 27.8 Å². The molecule has 0 radical (unpaired) electrons. The number of benzene rings is 4. The molecule has 0 bridgehead atoms. The molecule has 1 atom stereocenters. The van der Waals surface area contributed by atoms with Gasteiger partial charge in [0.25, 0.3) is 0 Å². The van der Waals surface area contributed by atoms with Crippen molar-refractivity contribution in [3.63, 3.8) is 0 Å². The fourth-order valence-corrected chi connectivity index (χ4v) is 10.0. The Hall–Kier alpha value is -4.44. The Morgan fingerprint density at radius 3 is 1.57 bits per heavy atom. The molecule has 6 rings (SSSR count). The van der Waals surface area contributed by atoms with E-state index in [-0.39, 0.29) is 38.5 Å². The first-order valence-electron chi connectivity index (χ1n) is 21.5. The number of oxazole rings is 1. The SMILES string of the molecule is CC(C)(C)CC(C)(C)c1ccc(C=CC2=NN(c3ccc(-c4nc5cc(C(C)(C)CC(C)(C)C)ccc5o4)cc3)C(c3ccc(C(C)(C)CC(C)(C)C)cc3)C2)cc1. The van der Waals surface area contributed by atoms with Crippen molar-refractivity contribution >= 4 is 28.6 Å². The van der Waals surface area contributed by atoms with E-state index in [1.807, 2.05) is 0 Å². The summed E-state index contributed by atoms with van der Waals surface area (Å²) in [5, 5.41) is 7.47. The van der Waals surface area contributed by atoms with Crippen molar-refractivity contribution < 1.29 is 4.42 Å². The quantitative estimate of drug-likeness (QED) is 0.134. The van der Waals surface area contributed by atoms with Crippen LogP contribution < -0.4 is 5.01 Å². The summed E-state index contributed by atoms with van der Waals surface area (Å²) >= 11 is 0. The molecule has 0 saturated carbocycles. The van der Waals surface area contributed by atoms with Gasteiger partial charge in [0.2, 0.25) is 5.89 Å². The van der Waals surface area contributed by atoms with Crippen molar-refractivity contribution in [2.45, 2.75) is 152 Å². The van der Waals surface area contributed by atoms with Gasteiger partial charge in [-0.3, -0.25) is 5.01 Å². The van der Waals surface area contributed by atoms with E-state index in [4.69, 9.17) is 14.5 Å². The van der Waals surface area contributed by atoms with Crippen LogP contribution in [-0.2, 0) is 16.2 Å². The number of hydrazone groups is 1. The molecule has 2 heterocycles. The standard InChI is InChI=1S/C54H71N3O/c1-49(2,3)34-52(10,11)40-23-16-37(17-24-40)18-28-43-33-46(38-19-25-41(26-20-38)53(12,13)35-50(4,5)6)57(56-43)44-29-21-39(22-30-44)48-55-45-32-42(27-31-47(45)58-48)54(14,15)36-51(7,8)9/h16-32,46H,33-36H2,1-15H3. The molecular weight excluding hydrogens is 707 g/mol. The van der Waals surface area contributed by atoms with Gasteiger partial charge in [-0.05, 0) is 122 Å². The Morgan fingerprint density at radius 2 is 1.05 bits per heavy atom. The molecule has 1 aromatic heterocycles. The van der Waals surface area contributed by atoms with E-state index in [0.717, 1.165) is 53.7 Å². The van der Waals surface area contributed by atoms with Gasteiger partial charge in [0.1, 0.15) is 5.52 Å². The fraction of sp³-hybridized carbons (Fsp3) is 0.481. The van der Waals surface area contributed by atoms with Crippen LogP contribution in [0.5, 0.6) is 0 Å². The highest BCUT2D eigenvalue weighted by Gasteiger charge is 2.32. The minimum Gasteiger partial charge on any atom is -0.436 e. The van der Waals surface area contributed by atoms with Gasteiger partial charge in [-0.2, -0.15) is 5.10 Å². The normalized spacial score (nSPS) is 16.2. The second-order valence-electron chi connectivity index (χ2n) is 22.8. The van der Waals surface area contributed by atoms with E-state index >= 15 is 0 Å². The molecule has 5 aromatic rings. The van der Waals surface area contributed by atoms with Crippen LogP contribution in [0, 0.1) is 16.2 Å². The van der Waals surface area contributed by atoms with Crippen molar-refractivity contribution in [3.05, 3.63) is 125 Å². The highest BCUT2D eigenvalue weighted by molar-refractivity contribution is 6.01. The highest BCUT2D eigenvalue weighted by atomic mass is 16.3. The molecule has 1 aliphatic rings. The fourth-order valence-electron chi connectivity index (χ4n) is 10.0. The maximum absolute atomic E-state index is 6.32. The summed E-state index contributed by atoms with van der Waals surface area (Å²) < 4.78 is 6.32. The first-order chi connectivity index (χ1) is 26.8. The van der Waals surface area contributed by atoms with Crippen LogP contribution in [0.15, 0.2) is 107 Å². The largest absolute Gasteiger partial charge is 0.436 e. The number of nitrogens with zero attached hydrogens (tertiary/aromatic N) is 3. The summed E-state index contributed by atoms with van der Waals surface area (Å²) in [4.78, 5) is 4.98. The van der Waals surface area contributed by atoms with Gasteiger partial charge in [-0.25, -0.2) is 4.98 Å². The van der Waals surface area contributed by atoms with Crippen molar-refractivity contribution in [3.8, 4) is 11.5 Å². The van der Waals surface area contributed by atoms with Gasteiger partial charge in [-0.1, -0.05) is 165 Å². The molecule has 1 aliphatic heterocycles. The Kier molecular flexibility index (Phi) is 11.6. The van der Waals surface area contributed by atoms with Crippen LogP contribution in [0.25, 0.3) is 28.6 Å². The average molecular weight is 778 g/mol. The maximum Gasteiger partial charge on any atom is 0.227 e. The van der Waals surface area contributed by atoms with Crippen LogP contribution in [0.4, 0.5) is 5.69 Å². The number of anilines is 1. The zero-order valence-corrected chi connectivity index (χ0v) is 38.5. The molecule has 0 aliphatic carbocycles. The van der Waals surface area contributed by atoms with Crippen LogP contribution >= 0.6 is 0 Å². The van der Waals surface area contributed by atoms with Gasteiger partial charge in [0, 0.05) is 12.0 Å². The summed E-state index contributed by atoms with van der Waals surface area (Å²) in [7, 11) is 0. The van der Waals surface area contributed by atoms with E-state index in [0.29, 0.717) is 5.89 Å². The average Bonchev–Trinajstić information content (AvgIpc) is 3.73. The Balaban J connectivity index is 1.28. The predicted octanol–water partition coefficient (Wildman–Crippen LogP) is 15.7. The molecule has 0 fully saturated rings. The number of hydrogen-bond acceptors (Lipinski definition) is 4. The monoisotopic (exact) mass is 778 g/mol. The lowest BCUT2D eigenvalue weighted by Crippen LogP contribution is -2.25. The van der Waals surface area contributed by atoms with Gasteiger partial charge in [-0.15, -0.1) is 0 Å². The van der Waals surface area contributed by atoms with Crippen LogP contribution in [0.3, 0.4) is 0 Å². The first-order valence-corrected chi connectivity index (χ1v) is 21.5. The molecule has 0 spiro atoms. The van der Waals surface area contributed by atoms with Crippen molar-refractivity contribution in [1.82, 2.24) is 4.98 Å². The molecule has 4 nitrogen and oxygen atoms in total. The van der Waals surface area contributed by atoms with Crippen LogP contribution in [0.1, 0.15) is 163 Å². The third-order valence-corrected chi connectivity index (χ3v) is 11.6. The molecule has 4 heteroatoms. The van der Waals surface area contributed by atoms with E-state index < -0.39 is 0 Å². The van der Waals surface area contributed by atoms with Gasteiger partial charge < -0.3 is 4.42 Å². The van der Waals surface area contributed by atoms with Crippen molar-refractivity contribution in [2.24, 2.45) is 21.3 Å². The lowest BCUT2D eigenvalue weighted by Gasteiger charge is -2.33. The second kappa shape index (κ2) is 15.6. The first kappa shape index (κ1) is 43.1. The lowest BCUT2D eigenvalue weighted by atomic mass is 9.72. The Morgan fingerprint density at radius 1 is 0.569 bits per heavy atom. The van der Waals surface area contributed by atoms with Gasteiger partial charge >= 0.3 is 0 Å². The molecule has 0 saturated heterocycles. The van der Waals surface area contributed by atoms with E-state index in [1.54, 1.807) is 0 Å². The molecule has 0 N–H and O–H groups in total. The molecule has 308 valence electrons. The smallest absolute Gasteiger partial charge is 0.227 e. The van der Waals surface area contributed by atoms with Crippen molar-refractivity contribution in [1.29, 1.82) is 0 Å². The molecule has 58 heavy (non-hydrogen) atoms. The number of hydrogen-bond donors (Lipinski definition) is 0. The topological polar surface area (TPSA) is 41.6 Å². The Bertz CT molecular complexity index is 2240. The summed E-state index contributed by atoms with van der Waals surface area (Å²) in [5.74, 6) is 0.638. The molecule has 4 aromatic carbocycles. The molecule has 1 unspecified atom stereocenters. The number of rotatable bonds is 11. The van der Waals surface area contributed by atoms with E-state index in [9.17, 15) is 0 Å². The Labute approximate surface area is 351 Å². The zero-order valence-electron chi connectivity index (χ0n) is 38.5. The van der Waals surface area contributed by atoms with Gasteiger partial charge in [0.15, 0.2) is 5.58 Å². The predicted molar refractivity (Wildman–Crippen MR) is 250 cm³/mol. The summed E-state index contributed by atoms with van der Waals surface area (Å²) in [6.45, 7) is 35.0.